The monoisotopic (exact) mass is 471 g/mol. The third-order valence-electron chi connectivity index (χ3n) is 4.37. The Kier molecular flexibility index (Phi) is 8.15. The van der Waals surface area contributed by atoms with Crippen molar-refractivity contribution in [3.05, 3.63) is 88.4 Å². The SMILES string of the molecule is C=CCNS(=O)(=O)Cc1ccc(NC(=O)Cc2csc(COc3ccc(C)cc3)n2)cc1. The number of carbonyl (C=O) groups is 1. The molecule has 168 valence electrons. The summed E-state index contributed by atoms with van der Waals surface area (Å²) in [6.07, 6.45) is 1.63. The molecular weight excluding hydrogens is 446 g/mol. The molecule has 0 unspecified atom stereocenters. The first-order chi connectivity index (χ1) is 15.3. The van der Waals surface area contributed by atoms with Gasteiger partial charge < -0.3 is 10.1 Å². The number of aryl methyl sites for hydroxylation is 1. The fraction of sp³-hybridized carbons (Fsp3) is 0.217. The maximum atomic E-state index is 12.3. The van der Waals surface area contributed by atoms with Crippen LogP contribution in [0.15, 0.2) is 66.6 Å². The van der Waals surface area contributed by atoms with Crippen LogP contribution in [-0.2, 0) is 33.6 Å². The van der Waals surface area contributed by atoms with Crippen LogP contribution in [0.5, 0.6) is 5.75 Å². The summed E-state index contributed by atoms with van der Waals surface area (Å²) in [5.41, 5.74) is 3.05. The number of thiazole rings is 1. The summed E-state index contributed by atoms with van der Waals surface area (Å²) in [5.74, 6) is 0.438. The summed E-state index contributed by atoms with van der Waals surface area (Å²) in [6.45, 7) is 6.04. The van der Waals surface area contributed by atoms with Gasteiger partial charge in [-0.15, -0.1) is 17.9 Å². The van der Waals surface area contributed by atoms with E-state index < -0.39 is 10.0 Å². The average molecular weight is 472 g/mol. The van der Waals surface area contributed by atoms with E-state index in [1.165, 1.54) is 23.0 Å². The van der Waals surface area contributed by atoms with E-state index in [0.29, 0.717) is 23.6 Å². The predicted octanol–water partition coefficient (Wildman–Crippen LogP) is 3.82. The smallest absolute Gasteiger partial charge is 0.230 e. The number of rotatable bonds is 11. The van der Waals surface area contributed by atoms with E-state index in [9.17, 15) is 13.2 Å². The number of benzene rings is 2. The van der Waals surface area contributed by atoms with Crippen LogP contribution in [-0.4, -0.2) is 25.9 Å². The molecule has 0 saturated heterocycles. The van der Waals surface area contributed by atoms with Crippen molar-refractivity contribution in [1.29, 1.82) is 0 Å². The van der Waals surface area contributed by atoms with Crippen molar-refractivity contribution in [2.75, 3.05) is 11.9 Å². The van der Waals surface area contributed by atoms with Crippen LogP contribution in [0.4, 0.5) is 5.69 Å². The molecule has 9 heteroatoms. The molecule has 1 heterocycles. The molecule has 1 aromatic heterocycles. The summed E-state index contributed by atoms with van der Waals surface area (Å²) in [5, 5.41) is 5.44. The van der Waals surface area contributed by atoms with Crippen LogP contribution in [0.1, 0.15) is 21.8 Å². The minimum atomic E-state index is -3.42. The molecule has 0 saturated carbocycles. The summed E-state index contributed by atoms with van der Waals surface area (Å²) >= 11 is 1.45. The highest BCUT2D eigenvalue weighted by atomic mass is 32.2. The molecule has 3 rings (SSSR count). The Balaban J connectivity index is 1.48. The van der Waals surface area contributed by atoms with Gasteiger partial charge in [-0.1, -0.05) is 35.9 Å². The molecule has 2 N–H and O–H groups in total. The van der Waals surface area contributed by atoms with Crippen LogP contribution in [0.2, 0.25) is 0 Å². The van der Waals surface area contributed by atoms with E-state index >= 15 is 0 Å². The highest BCUT2D eigenvalue weighted by Crippen LogP contribution is 2.17. The van der Waals surface area contributed by atoms with Gasteiger partial charge in [-0.3, -0.25) is 4.79 Å². The van der Waals surface area contributed by atoms with Gasteiger partial charge in [0.1, 0.15) is 17.4 Å². The Morgan fingerprint density at radius 1 is 1.16 bits per heavy atom. The zero-order valence-corrected chi connectivity index (χ0v) is 19.3. The summed E-state index contributed by atoms with van der Waals surface area (Å²) in [6, 6.07) is 14.5. The molecule has 0 aliphatic carbocycles. The third-order valence-corrected chi connectivity index (χ3v) is 6.56. The van der Waals surface area contributed by atoms with Gasteiger partial charge in [0.15, 0.2) is 0 Å². The number of nitrogens with one attached hydrogen (secondary N) is 2. The van der Waals surface area contributed by atoms with Gasteiger partial charge in [0.2, 0.25) is 15.9 Å². The fourth-order valence-electron chi connectivity index (χ4n) is 2.79. The summed E-state index contributed by atoms with van der Waals surface area (Å²) in [4.78, 5) is 16.8. The molecule has 0 bridgehead atoms. The third kappa shape index (κ3) is 7.60. The van der Waals surface area contributed by atoms with E-state index in [0.717, 1.165) is 10.8 Å². The van der Waals surface area contributed by atoms with Crippen molar-refractivity contribution in [2.45, 2.75) is 25.7 Å². The molecule has 0 radical (unpaired) electrons. The Morgan fingerprint density at radius 3 is 2.56 bits per heavy atom. The van der Waals surface area contributed by atoms with Crippen molar-refractivity contribution in [3.8, 4) is 5.75 Å². The number of aromatic nitrogens is 1. The Morgan fingerprint density at radius 2 is 1.88 bits per heavy atom. The van der Waals surface area contributed by atoms with Gasteiger partial charge in [-0.2, -0.15) is 0 Å². The van der Waals surface area contributed by atoms with Gasteiger partial charge in [0.05, 0.1) is 17.9 Å². The van der Waals surface area contributed by atoms with Gasteiger partial charge in [-0.25, -0.2) is 18.1 Å². The molecule has 0 fully saturated rings. The second-order valence-electron chi connectivity index (χ2n) is 7.15. The van der Waals surface area contributed by atoms with Crippen LogP contribution < -0.4 is 14.8 Å². The van der Waals surface area contributed by atoms with Gasteiger partial charge in [0.25, 0.3) is 0 Å². The average Bonchev–Trinajstić information content (AvgIpc) is 3.20. The van der Waals surface area contributed by atoms with Crippen molar-refractivity contribution in [1.82, 2.24) is 9.71 Å². The highest BCUT2D eigenvalue weighted by molar-refractivity contribution is 7.88. The molecule has 2 aromatic carbocycles. The lowest BCUT2D eigenvalue weighted by atomic mass is 10.2. The first-order valence-electron chi connectivity index (χ1n) is 9.93. The molecule has 7 nitrogen and oxygen atoms in total. The van der Waals surface area contributed by atoms with Crippen molar-refractivity contribution < 1.29 is 17.9 Å². The maximum absolute atomic E-state index is 12.3. The van der Waals surface area contributed by atoms with Crippen LogP contribution >= 0.6 is 11.3 Å². The molecule has 0 atom stereocenters. The normalized spacial score (nSPS) is 11.2. The molecular formula is C23H25N3O4S2. The standard InChI is InChI=1S/C23H25N3O4S2/c1-3-12-24-32(28,29)16-18-6-8-19(9-7-18)25-22(27)13-20-15-31-23(26-20)14-30-21-10-4-17(2)5-11-21/h3-11,15,24H,1,12-14,16H2,2H3,(H,25,27). The van der Waals surface area contributed by atoms with Gasteiger partial charge >= 0.3 is 0 Å². The first kappa shape index (κ1) is 23.6. The first-order valence-corrected chi connectivity index (χ1v) is 12.5. The zero-order chi connectivity index (χ0) is 23.0. The number of ether oxygens (including phenoxy) is 1. The zero-order valence-electron chi connectivity index (χ0n) is 17.7. The predicted molar refractivity (Wildman–Crippen MR) is 127 cm³/mol. The van der Waals surface area contributed by atoms with E-state index in [2.05, 4.69) is 21.6 Å². The fourth-order valence-corrected chi connectivity index (χ4v) is 4.60. The van der Waals surface area contributed by atoms with Gasteiger partial charge in [0, 0.05) is 17.6 Å². The van der Waals surface area contributed by atoms with Crippen molar-refractivity contribution in [2.24, 2.45) is 0 Å². The molecule has 32 heavy (non-hydrogen) atoms. The molecule has 1 amide bonds. The van der Waals surface area contributed by atoms with Crippen molar-refractivity contribution in [3.63, 3.8) is 0 Å². The molecule has 0 aliphatic rings. The number of hydrogen-bond acceptors (Lipinski definition) is 6. The Labute approximate surface area is 192 Å². The van der Waals surface area contributed by atoms with Crippen molar-refractivity contribution >= 4 is 33.0 Å². The van der Waals surface area contributed by atoms with Crippen LogP contribution in [0.25, 0.3) is 0 Å². The number of amides is 1. The quantitative estimate of drug-likeness (QED) is 0.415. The lowest BCUT2D eigenvalue weighted by Crippen LogP contribution is -2.25. The van der Waals surface area contributed by atoms with Crippen LogP contribution in [0, 0.1) is 6.92 Å². The minimum Gasteiger partial charge on any atom is -0.486 e. The number of nitrogens with zero attached hydrogens (tertiary/aromatic N) is 1. The van der Waals surface area contributed by atoms with Crippen LogP contribution in [0.3, 0.4) is 0 Å². The minimum absolute atomic E-state index is 0.138. The summed E-state index contributed by atoms with van der Waals surface area (Å²) < 4.78 is 32.0. The van der Waals surface area contributed by atoms with E-state index in [1.54, 1.807) is 24.3 Å². The van der Waals surface area contributed by atoms with E-state index in [4.69, 9.17) is 4.74 Å². The second kappa shape index (κ2) is 11.0. The topological polar surface area (TPSA) is 97.4 Å². The number of sulfonamides is 1. The lowest BCUT2D eigenvalue weighted by molar-refractivity contribution is -0.115. The summed E-state index contributed by atoms with van der Waals surface area (Å²) in [7, 11) is -3.42. The molecule has 0 spiro atoms. The lowest BCUT2D eigenvalue weighted by Gasteiger charge is -2.07. The Bertz CT molecular complexity index is 1150. The number of carbonyl (C=O) groups excluding carboxylic acids is 1. The van der Waals surface area contributed by atoms with Gasteiger partial charge in [-0.05, 0) is 36.8 Å². The molecule has 0 aliphatic heterocycles. The molecule has 3 aromatic rings. The Hall–Kier alpha value is -3.01. The number of hydrogen-bond donors (Lipinski definition) is 2. The number of anilines is 1. The van der Waals surface area contributed by atoms with E-state index in [1.807, 2.05) is 36.6 Å². The van der Waals surface area contributed by atoms with E-state index in [-0.39, 0.29) is 24.6 Å². The second-order valence-corrected chi connectivity index (χ2v) is 9.90. The maximum Gasteiger partial charge on any atom is 0.230 e. The highest BCUT2D eigenvalue weighted by Gasteiger charge is 2.12. The largest absolute Gasteiger partial charge is 0.486 e.